The number of carbonyl (C=O) groups excluding carboxylic acids is 2. The number of rotatable bonds is 6. The summed E-state index contributed by atoms with van der Waals surface area (Å²) in [6.07, 6.45) is 1.45. The maximum Gasteiger partial charge on any atom is 0.337 e. The van der Waals surface area contributed by atoms with Crippen molar-refractivity contribution in [3.63, 3.8) is 0 Å². The fourth-order valence-corrected chi connectivity index (χ4v) is 2.38. The van der Waals surface area contributed by atoms with Gasteiger partial charge in [-0.1, -0.05) is 12.1 Å². The monoisotopic (exact) mass is 379 g/mol. The van der Waals surface area contributed by atoms with Crippen LogP contribution in [0.2, 0.25) is 0 Å². The molecule has 1 heterocycles. The van der Waals surface area contributed by atoms with Crippen LogP contribution < -0.4 is 10.6 Å². The maximum absolute atomic E-state index is 11.6. The second-order valence-electron chi connectivity index (χ2n) is 5.56. The Balaban J connectivity index is 1.76. The number of anilines is 4. The molecule has 0 aliphatic heterocycles. The quantitative estimate of drug-likeness (QED) is 0.624. The molecule has 0 bridgehead atoms. The number of hydrogen-bond acceptors (Lipinski definition) is 9. The average molecular weight is 379 g/mol. The lowest BCUT2D eigenvalue weighted by molar-refractivity contribution is 0.0592. The fourth-order valence-electron chi connectivity index (χ4n) is 2.38. The van der Waals surface area contributed by atoms with Gasteiger partial charge < -0.3 is 20.1 Å². The topological polar surface area (TPSA) is 115 Å². The molecule has 3 aromatic rings. The third kappa shape index (κ3) is 4.58. The van der Waals surface area contributed by atoms with Crippen LogP contribution in [-0.4, -0.2) is 41.3 Å². The first-order valence-electron chi connectivity index (χ1n) is 8.19. The highest BCUT2D eigenvalue weighted by Crippen LogP contribution is 2.19. The van der Waals surface area contributed by atoms with E-state index in [1.165, 1.54) is 20.4 Å². The number of ether oxygens (including phenoxy) is 2. The normalized spacial score (nSPS) is 10.1. The van der Waals surface area contributed by atoms with Crippen LogP contribution in [0.3, 0.4) is 0 Å². The summed E-state index contributed by atoms with van der Waals surface area (Å²) in [6.45, 7) is 0. The Morgan fingerprint density at radius 3 is 2.00 bits per heavy atom. The van der Waals surface area contributed by atoms with Crippen LogP contribution in [0.5, 0.6) is 0 Å². The van der Waals surface area contributed by atoms with Crippen molar-refractivity contribution in [2.24, 2.45) is 0 Å². The Bertz CT molecular complexity index is 932. The van der Waals surface area contributed by atoms with E-state index >= 15 is 0 Å². The van der Waals surface area contributed by atoms with Gasteiger partial charge in [-0.05, 0) is 36.4 Å². The molecule has 0 amide bonds. The Labute approximate surface area is 160 Å². The fraction of sp³-hybridized carbons (Fsp3) is 0.105. The van der Waals surface area contributed by atoms with E-state index in [1.54, 1.807) is 48.5 Å². The molecule has 0 atom stereocenters. The zero-order valence-electron chi connectivity index (χ0n) is 15.2. The Morgan fingerprint density at radius 2 is 1.43 bits per heavy atom. The van der Waals surface area contributed by atoms with E-state index < -0.39 is 11.9 Å². The first-order chi connectivity index (χ1) is 13.6. The summed E-state index contributed by atoms with van der Waals surface area (Å²) in [4.78, 5) is 27.6. The number of nitrogens with one attached hydrogen (secondary N) is 2. The predicted octanol–water partition coefficient (Wildman–Crippen LogP) is 2.93. The van der Waals surface area contributed by atoms with Crippen molar-refractivity contribution in [2.45, 2.75) is 0 Å². The van der Waals surface area contributed by atoms with Crippen molar-refractivity contribution in [3.05, 3.63) is 65.9 Å². The summed E-state index contributed by atoms with van der Waals surface area (Å²) in [6, 6.07) is 13.5. The molecule has 2 aromatic carbocycles. The minimum absolute atomic E-state index is 0.233. The van der Waals surface area contributed by atoms with Gasteiger partial charge in [-0.25, -0.2) is 9.59 Å². The summed E-state index contributed by atoms with van der Waals surface area (Å²) in [5.41, 5.74) is 2.05. The smallest absolute Gasteiger partial charge is 0.337 e. The number of esters is 2. The minimum Gasteiger partial charge on any atom is -0.465 e. The van der Waals surface area contributed by atoms with E-state index in [-0.39, 0.29) is 5.95 Å². The van der Waals surface area contributed by atoms with Gasteiger partial charge in [0.05, 0.1) is 31.5 Å². The molecule has 0 aliphatic carbocycles. The second-order valence-corrected chi connectivity index (χ2v) is 5.56. The molecular formula is C19H17N5O4. The zero-order valence-corrected chi connectivity index (χ0v) is 15.2. The molecule has 0 saturated carbocycles. The van der Waals surface area contributed by atoms with E-state index in [2.05, 4.69) is 25.8 Å². The van der Waals surface area contributed by atoms with Gasteiger partial charge >= 0.3 is 11.9 Å². The Hall–Kier alpha value is -4.01. The molecule has 9 heteroatoms. The first kappa shape index (κ1) is 18.8. The van der Waals surface area contributed by atoms with Crippen LogP contribution in [0.15, 0.2) is 54.7 Å². The third-order valence-corrected chi connectivity index (χ3v) is 3.65. The highest BCUT2D eigenvalue weighted by atomic mass is 16.5. The molecule has 28 heavy (non-hydrogen) atoms. The van der Waals surface area contributed by atoms with Crippen molar-refractivity contribution in [1.82, 2.24) is 15.2 Å². The third-order valence-electron chi connectivity index (χ3n) is 3.65. The molecule has 0 unspecified atom stereocenters. The molecule has 0 aliphatic rings. The Morgan fingerprint density at radius 1 is 0.857 bits per heavy atom. The van der Waals surface area contributed by atoms with Gasteiger partial charge in [0.25, 0.3) is 0 Å². The van der Waals surface area contributed by atoms with Crippen LogP contribution >= 0.6 is 0 Å². The summed E-state index contributed by atoms with van der Waals surface area (Å²) >= 11 is 0. The van der Waals surface area contributed by atoms with Crippen molar-refractivity contribution in [3.8, 4) is 0 Å². The molecule has 0 radical (unpaired) electrons. The minimum atomic E-state index is -0.441. The van der Waals surface area contributed by atoms with Crippen LogP contribution in [-0.2, 0) is 9.47 Å². The van der Waals surface area contributed by atoms with Crippen LogP contribution in [0.25, 0.3) is 0 Å². The van der Waals surface area contributed by atoms with Gasteiger partial charge in [-0.2, -0.15) is 10.1 Å². The number of methoxy groups -OCH3 is 2. The maximum atomic E-state index is 11.6. The highest BCUT2D eigenvalue weighted by Gasteiger charge is 2.09. The molecule has 0 spiro atoms. The molecule has 142 valence electrons. The number of aromatic nitrogens is 3. The van der Waals surface area contributed by atoms with Gasteiger partial charge in [0.2, 0.25) is 5.95 Å². The lowest BCUT2D eigenvalue weighted by Gasteiger charge is -2.09. The molecule has 0 fully saturated rings. The summed E-state index contributed by atoms with van der Waals surface area (Å²) in [7, 11) is 2.64. The summed E-state index contributed by atoms with van der Waals surface area (Å²) < 4.78 is 9.42. The predicted molar refractivity (Wildman–Crippen MR) is 102 cm³/mol. The number of carbonyl (C=O) groups is 2. The lowest BCUT2D eigenvalue weighted by atomic mass is 10.2. The summed E-state index contributed by atoms with van der Waals surface area (Å²) in [5, 5.41) is 13.9. The van der Waals surface area contributed by atoms with Crippen LogP contribution in [0.4, 0.5) is 23.1 Å². The van der Waals surface area contributed by atoms with Crippen LogP contribution in [0.1, 0.15) is 20.7 Å². The standard InChI is InChI=1S/C19H17N5O4/c1-27-17(25)12-5-3-7-14(9-12)21-16-11-20-24-19(23-16)22-15-8-4-6-13(10-15)18(26)28-2/h3-11H,1-2H3,(H2,21,22,23,24). The van der Waals surface area contributed by atoms with E-state index in [0.717, 1.165) is 0 Å². The first-order valence-corrected chi connectivity index (χ1v) is 8.19. The number of hydrogen-bond donors (Lipinski definition) is 2. The van der Waals surface area contributed by atoms with Gasteiger partial charge in [0.15, 0.2) is 5.82 Å². The molecule has 9 nitrogen and oxygen atoms in total. The van der Waals surface area contributed by atoms with Crippen molar-refractivity contribution >= 4 is 35.1 Å². The molecule has 1 aromatic heterocycles. The van der Waals surface area contributed by atoms with E-state index in [0.29, 0.717) is 28.3 Å². The van der Waals surface area contributed by atoms with Gasteiger partial charge in [0.1, 0.15) is 0 Å². The largest absolute Gasteiger partial charge is 0.465 e. The highest BCUT2D eigenvalue weighted by molar-refractivity contribution is 5.91. The van der Waals surface area contributed by atoms with Gasteiger partial charge in [-0.3, -0.25) is 0 Å². The summed E-state index contributed by atoms with van der Waals surface area (Å²) in [5.74, 6) is -0.222. The van der Waals surface area contributed by atoms with Crippen molar-refractivity contribution < 1.29 is 19.1 Å². The van der Waals surface area contributed by atoms with Gasteiger partial charge in [0, 0.05) is 11.4 Å². The SMILES string of the molecule is COC(=O)c1cccc(Nc2cnnc(Nc3cccc(C(=O)OC)c3)n2)c1. The van der Waals surface area contributed by atoms with Crippen molar-refractivity contribution in [2.75, 3.05) is 24.9 Å². The number of nitrogens with zero attached hydrogens (tertiary/aromatic N) is 3. The lowest BCUT2D eigenvalue weighted by Crippen LogP contribution is -2.05. The zero-order chi connectivity index (χ0) is 19.9. The molecular weight excluding hydrogens is 362 g/mol. The average Bonchev–Trinajstić information content (AvgIpc) is 2.73. The Kier molecular flexibility index (Phi) is 5.75. The molecule has 3 rings (SSSR count). The van der Waals surface area contributed by atoms with Gasteiger partial charge in [-0.15, -0.1) is 5.10 Å². The number of benzene rings is 2. The second kappa shape index (κ2) is 8.58. The van der Waals surface area contributed by atoms with E-state index in [4.69, 9.17) is 9.47 Å². The van der Waals surface area contributed by atoms with Crippen LogP contribution in [0, 0.1) is 0 Å². The van der Waals surface area contributed by atoms with E-state index in [1.807, 2.05) is 0 Å². The molecule has 0 saturated heterocycles. The van der Waals surface area contributed by atoms with E-state index in [9.17, 15) is 9.59 Å². The van der Waals surface area contributed by atoms with Crippen molar-refractivity contribution in [1.29, 1.82) is 0 Å². The molecule has 2 N–H and O–H groups in total.